The van der Waals surface area contributed by atoms with Crippen molar-refractivity contribution >= 4 is 0 Å². The molecule has 0 atom stereocenters. The summed E-state index contributed by atoms with van der Waals surface area (Å²) in [5.41, 5.74) is 1.17. The van der Waals surface area contributed by atoms with E-state index in [4.69, 9.17) is 33.2 Å². The minimum Gasteiger partial charge on any atom is -0.379 e. The first-order valence-corrected chi connectivity index (χ1v) is 15.5. The molecule has 0 fully saturated rings. The SMILES string of the molecule is CCCCCCCCCCCCCOCCOCCOCCOCCOCCOCCOCc1ccccc1. The second kappa shape index (κ2) is 31.5. The first-order chi connectivity index (χ1) is 19.4. The molecule has 1 rings (SSSR count). The first kappa shape index (κ1) is 36.0. The molecule has 7 nitrogen and oxygen atoms in total. The summed E-state index contributed by atoms with van der Waals surface area (Å²) in [4.78, 5) is 0. The standard InChI is InChI=1S/C32H58O7/c1-2-3-4-5-6-7-8-9-10-11-15-18-33-19-20-34-21-22-35-23-24-36-25-26-37-27-28-38-29-30-39-31-32-16-13-12-14-17-32/h12-14,16-17H,2-11,15,18-31H2,1H3. The van der Waals surface area contributed by atoms with Crippen molar-refractivity contribution in [3.63, 3.8) is 0 Å². The van der Waals surface area contributed by atoms with Gasteiger partial charge in [0.2, 0.25) is 0 Å². The normalized spacial score (nSPS) is 11.4. The fraction of sp³-hybridized carbons (Fsp3) is 0.812. The number of unbranched alkanes of at least 4 members (excludes halogenated alkanes) is 10. The Kier molecular flexibility index (Phi) is 29.0. The van der Waals surface area contributed by atoms with Gasteiger partial charge in [-0.2, -0.15) is 0 Å². The number of benzene rings is 1. The summed E-state index contributed by atoms with van der Waals surface area (Å²) in [6.45, 7) is 10.7. The molecule has 0 N–H and O–H groups in total. The van der Waals surface area contributed by atoms with E-state index in [1.807, 2.05) is 18.2 Å². The Labute approximate surface area is 239 Å². The molecule has 0 aromatic heterocycles. The highest BCUT2D eigenvalue weighted by Gasteiger charge is 1.96. The maximum atomic E-state index is 5.65. The molecule has 0 heterocycles. The molecule has 1 aromatic carbocycles. The lowest BCUT2D eigenvalue weighted by molar-refractivity contribution is -0.0212. The second-order valence-electron chi connectivity index (χ2n) is 9.75. The third-order valence-electron chi connectivity index (χ3n) is 6.24. The largest absolute Gasteiger partial charge is 0.379 e. The highest BCUT2D eigenvalue weighted by molar-refractivity contribution is 5.13. The Bertz CT molecular complexity index is 573. The van der Waals surface area contributed by atoms with Crippen LogP contribution in [0.5, 0.6) is 0 Å². The zero-order chi connectivity index (χ0) is 27.7. The van der Waals surface area contributed by atoms with Crippen LogP contribution in [0.4, 0.5) is 0 Å². The molecule has 0 radical (unpaired) electrons. The predicted octanol–water partition coefficient (Wildman–Crippen LogP) is 6.61. The molecule has 0 aliphatic heterocycles. The van der Waals surface area contributed by atoms with E-state index in [0.29, 0.717) is 85.9 Å². The molecule has 0 bridgehead atoms. The van der Waals surface area contributed by atoms with Crippen molar-refractivity contribution in [3.8, 4) is 0 Å². The summed E-state index contributed by atoms with van der Waals surface area (Å²) < 4.78 is 38.8. The van der Waals surface area contributed by atoms with E-state index in [9.17, 15) is 0 Å². The molecule has 0 saturated heterocycles. The van der Waals surface area contributed by atoms with Crippen molar-refractivity contribution in [2.24, 2.45) is 0 Å². The topological polar surface area (TPSA) is 64.6 Å². The molecule has 39 heavy (non-hydrogen) atoms. The predicted molar refractivity (Wildman–Crippen MR) is 157 cm³/mol. The summed E-state index contributed by atoms with van der Waals surface area (Å²) in [6, 6.07) is 10.1. The van der Waals surface area contributed by atoms with Crippen molar-refractivity contribution < 1.29 is 33.2 Å². The van der Waals surface area contributed by atoms with Crippen molar-refractivity contribution in [1.29, 1.82) is 0 Å². The van der Waals surface area contributed by atoms with Crippen LogP contribution in [0.2, 0.25) is 0 Å². The molecule has 0 aliphatic carbocycles. The van der Waals surface area contributed by atoms with Crippen molar-refractivity contribution in [1.82, 2.24) is 0 Å². The number of hydrogen-bond donors (Lipinski definition) is 0. The van der Waals surface area contributed by atoms with Crippen LogP contribution in [0.15, 0.2) is 30.3 Å². The lowest BCUT2D eigenvalue weighted by atomic mass is 10.1. The van der Waals surface area contributed by atoms with Gasteiger partial charge in [0, 0.05) is 6.61 Å². The monoisotopic (exact) mass is 554 g/mol. The van der Waals surface area contributed by atoms with Gasteiger partial charge in [0.25, 0.3) is 0 Å². The van der Waals surface area contributed by atoms with Gasteiger partial charge in [0.1, 0.15) is 0 Å². The molecular formula is C32H58O7. The van der Waals surface area contributed by atoms with Crippen LogP contribution in [-0.2, 0) is 39.8 Å². The molecule has 0 saturated carbocycles. The second-order valence-corrected chi connectivity index (χ2v) is 9.75. The highest BCUT2D eigenvalue weighted by Crippen LogP contribution is 2.11. The smallest absolute Gasteiger partial charge is 0.0718 e. The van der Waals surface area contributed by atoms with Gasteiger partial charge in [-0.15, -0.1) is 0 Å². The van der Waals surface area contributed by atoms with E-state index in [1.54, 1.807) is 0 Å². The summed E-state index contributed by atoms with van der Waals surface area (Å²) >= 11 is 0. The van der Waals surface area contributed by atoms with Crippen LogP contribution >= 0.6 is 0 Å². The van der Waals surface area contributed by atoms with Gasteiger partial charge in [-0.05, 0) is 12.0 Å². The number of hydrogen-bond acceptors (Lipinski definition) is 7. The number of ether oxygens (including phenoxy) is 7. The molecular weight excluding hydrogens is 496 g/mol. The average Bonchev–Trinajstić information content (AvgIpc) is 2.96. The van der Waals surface area contributed by atoms with E-state index in [2.05, 4.69) is 19.1 Å². The third-order valence-corrected chi connectivity index (χ3v) is 6.24. The molecule has 0 unspecified atom stereocenters. The van der Waals surface area contributed by atoms with Gasteiger partial charge in [-0.1, -0.05) is 101 Å². The molecule has 0 spiro atoms. The van der Waals surface area contributed by atoms with Crippen LogP contribution in [0.3, 0.4) is 0 Å². The zero-order valence-electron chi connectivity index (χ0n) is 24.9. The van der Waals surface area contributed by atoms with Crippen molar-refractivity contribution in [3.05, 3.63) is 35.9 Å². The summed E-state index contributed by atoms with van der Waals surface area (Å²) in [5.74, 6) is 0. The van der Waals surface area contributed by atoms with Crippen LogP contribution in [0.1, 0.15) is 83.1 Å². The van der Waals surface area contributed by atoms with E-state index in [0.717, 1.165) is 13.0 Å². The van der Waals surface area contributed by atoms with Gasteiger partial charge >= 0.3 is 0 Å². The molecule has 228 valence electrons. The van der Waals surface area contributed by atoms with Gasteiger partial charge in [-0.25, -0.2) is 0 Å². The lowest BCUT2D eigenvalue weighted by Gasteiger charge is -2.08. The van der Waals surface area contributed by atoms with Crippen LogP contribution in [0, 0.1) is 0 Å². The fourth-order valence-corrected chi connectivity index (χ4v) is 3.95. The van der Waals surface area contributed by atoms with E-state index in [1.165, 1.54) is 69.8 Å². The Hall–Kier alpha value is -1.06. The summed E-state index contributed by atoms with van der Waals surface area (Å²) in [5, 5.41) is 0. The maximum absolute atomic E-state index is 5.65. The summed E-state index contributed by atoms with van der Waals surface area (Å²) in [6.07, 6.45) is 14.9. The Balaban J connectivity index is 1.62. The zero-order valence-corrected chi connectivity index (χ0v) is 24.9. The van der Waals surface area contributed by atoms with Gasteiger partial charge in [0.15, 0.2) is 0 Å². The van der Waals surface area contributed by atoms with Gasteiger partial charge in [-0.3, -0.25) is 0 Å². The fourth-order valence-electron chi connectivity index (χ4n) is 3.95. The van der Waals surface area contributed by atoms with Gasteiger partial charge in [0.05, 0.1) is 85.9 Å². The minimum atomic E-state index is 0.552. The number of rotatable bonds is 32. The molecule has 1 aromatic rings. The van der Waals surface area contributed by atoms with E-state index in [-0.39, 0.29) is 0 Å². The van der Waals surface area contributed by atoms with E-state index < -0.39 is 0 Å². The average molecular weight is 555 g/mol. The highest BCUT2D eigenvalue weighted by atomic mass is 16.6. The first-order valence-electron chi connectivity index (χ1n) is 15.5. The van der Waals surface area contributed by atoms with Gasteiger partial charge < -0.3 is 33.2 Å². The Morgan fingerprint density at radius 3 is 1.10 bits per heavy atom. The van der Waals surface area contributed by atoms with Crippen molar-refractivity contribution in [2.75, 3.05) is 85.9 Å². The van der Waals surface area contributed by atoms with Crippen LogP contribution < -0.4 is 0 Å². The maximum Gasteiger partial charge on any atom is 0.0718 e. The van der Waals surface area contributed by atoms with Crippen molar-refractivity contribution in [2.45, 2.75) is 84.2 Å². The molecule has 7 heteroatoms. The molecule has 0 amide bonds. The minimum absolute atomic E-state index is 0.552. The lowest BCUT2D eigenvalue weighted by Crippen LogP contribution is -2.14. The van der Waals surface area contributed by atoms with Crippen LogP contribution in [-0.4, -0.2) is 85.9 Å². The quantitative estimate of drug-likeness (QED) is 0.0928. The Morgan fingerprint density at radius 2 is 0.692 bits per heavy atom. The van der Waals surface area contributed by atoms with E-state index >= 15 is 0 Å². The van der Waals surface area contributed by atoms with Crippen LogP contribution in [0.25, 0.3) is 0 Å². The molecule has 0 aliphatic rings. The third kappa shape index (κ3) is 28.3. The summed E-state index contributed by atoms with van der Waals surface area (Å²) in [7, 11) is 0. The Morgan fingerprint density at radius 1 is 0.359 bits per heavy atom.